The number of thiocarbonyl (C=S) groups is 1. The van der Waals surface area contributed by atoms with Crippen molar-refractivity contribution in [3.05, 3.63) is 41.8 Å². The first kappa shape index (κ1) is 10.8. The minimum absolute atomic E-state index is 0.265. The lowest BCUT2D eigenvalue weighted by Gasteiger charge is -2.02. The van der Waals surface area contributed by atoms with Gasteiger partial charge in [0.05, 0.1) is 16.9 Å². The van der Waals surface area contributed by atoms with E-state index in [0.717, 1.165) is 16.8 Å². The zero-order chi connectivity index (χ0) is 11.5. The van der Waals surface area contributed by atoms with Crippen LogP contribution in [-0.4, -0.2) is 15.2 Å². The Morgan fingerprint density at radius 2 is 2.06 bits per heavy atom. The molecule has 0 bridgehead atoms. The highest BCUT2D eigenvalue weighted by atomic mass is 32.1. The first-order valence-corrected chi connectivity index (χ1v) is 5.14. The van der Waals surface area contributed by atoms with Crippen molar-refractivity contribution in [3.8, 4) is 11.3 Å². The van der Waals surface area contributed by atoms with Gasteiger partial charge in [-0.1, -0.05) is 12.2 Å². The third-order valence-corrected chi connectivity index (χ3v) is 2.36. The molecule has 0 aliphatic carbocycles. The fourth-order valence-electron chi connectivity index (χ4n) is 1.50. The van der Waals surface area contributed by atoms with E-state index >= 15 is 0 Å². The minimum atomic E-state index is -0.265. The number of hydrogen-bond acceptors (Lipinski definition) is 2. The Hall–Kier alpha value is -1.75. The van der Waals surface area contributed by atoms with E-state index in [-0.39, 0.29) is 5.82 Å². The maximum Gasteiger partial charge on any atom is 0.123 e. The molecule has 2 aromatic rings. The third kappa shape index (κ3) is 2.25. The summed E-state index contributed by atoms with van der Waals surface area (Å²) in [7, 11) is 0. The van der Waals surface area contributed by atoms with E-state index in [0.29, 0.717) is 11.4 Å². The predicted octanol–water partition coefficient (Wildman–Crippen LogP) is 2.04. The van der Waals surface area contributed by atoms with Gasteiger partial charge in [-0.25, -0.2) is 4.39 Å². The van der Waals surface area contributed by atoms with Crippen molar-refractivity contribution in [3.63, 3.8) is 0 Å². The first-order valence-electron chi connectivity index (χ1n) is 4.73. The SMILES string of the molecule is NC(=S)Cc1cn[nH]c1-c1ccc(F)cc1. The number of aromatic amines is 1. The van der Waals surface area contributed by atoms with E-state index in [1.165, 1.54) is 12.1 Å². The Kier molecular flexibility index (Phi) is 2.96. The van der Waals surface area contributed by atoms with Crippen LogP contribution in [0.25, 0.3) is 11.3 Å². The molecule has 0 aliphatic heterocycles. The molecular weight excluding hydrogens is 225 g/mol. The molecule has 0 amide bonds. The van der Waals surface area contributed by atoms with Gasteiger partial charge in [0.25, 0.3) is 0 Å². The molecule has 0 radical (unpaired) electrons. The lowest BCUT2D eigenvalue weighted by atomic mass is 10.1. The second-order valence-corrected chi connectivity index (χ2v) is 3.94. The summed E-state index contributed by atoms with van der Waals surface area (Å²) in [4.78, 5) is 0.407. The molecular formula is C11H10FN3S. The van der Waals surface area contributed by atoms with E-state index in [1.54, 1.807) is 18.3 Å². The molecule has 82 valence electrons. The lowest BCUT2D eigenvalue weighted by Crippen LogP contribution is -2.11. The molecule has 16 heavy (non-hydrogen) atoms. The zero-order valence-corrected chi connectivity index (χ0v) is 9.22. The minimum Gasteiger partial charge on any atom is -0.393 e. The van der Waals surface area contributed by atoms with Crippen LogP contribution < -0.4 is 5.73 Å². The molecule has 0 atom stereocenters. The molecule has 0 aliphatic rings. The van der Waals surface area contributed by atoms with Gasteiger partial charge in [-0.05, 0) is 24.3 Å². The van der Waals surface area contributed by atoms with Gasteiger partial charge in [-0.2, -0.15) is 5.10 Å². The maximum atomic E-state index is 12.8. The van der Waals surface area contributed by atoms with E-state index in [2.05, 4.69) is 10.2 Å². The smallest absolute Gasteiger partial charge is 0.123 e. The van der Waals surface area contributed by atoms with E-state index in [4.69, 9.17) is 18.0 Å². The second-order valence-electron chi connectivity index (χ2n) is 3.42. The Balaban J connectivity index is 2.36. The average Bonchev–Trinajstić information content (AvgIpc) is 2.66. The molecule has 1 aromatic heterocycles. The molecule has 0 saturated heterocycles. The topological polar surface area (TPSA) is 54.7 Å². The number of nitrogens with zero attached hydrogens (tertiary/aromatic N) is 1. The second kappa shape index (κ2) is 4.40. The predicted molar refractivity (Wildman–Crippen MR) is 64.5 cm³/mol. The van der Waals surface area contributed by atoms with Gasteiger partial charge in [-0.3, -0.25) is 5.10 Å². The Morgan fingerprint density at radius 1 is 1.38 bits per heavy atom. The summed E-state index contributed by atoms with van der Waals surface area (Å²) in [6.45, 7) is 0. The monoisotopic (exact) mass is 235 g/mol. The number of hydrogen-bond donors (Lipinski definition) is 2. The summed E-state index contributed by atoms with van der Waals surface area (Å²) in [6.07, 6.45) is 2.16. The van der Waals surface area contributed by atoms with Gasteiger partial charge >= 0.3 is 0 Å². The van der Waals surface area contributed by atoms with Crippen LogP contribution in [0.15, 0.2) is 30.5 Å². The standard InChI is InChI=1S/C11H10FN3S/c12-9-3-1-7(2-4-9)11-8(5-10(13)16)6-14-15-11/h1-4,6H,5H2,(H2,13,16)(H,14,15). The highest BCUT2D eigenvalue weighted by molar-refractivity contribution is 7.80. The van der Waals surface area contributed by atoms with Crippen LogP contribution >= 0.6 is 12.2 Å². The van der Waals surface area contributed by atoms with Gasteiger partial charge in [0, 0.05) is 17.5 Å². The van der Waals surface area contributed by atoms with Gasteiger partial charge in [0.2, 0.25) is 0 Å². The normalized spacial score (nSPS) is 10.3. The van der Waals surface area contributed by atoms with Crippen LogP contribution in [0.5, 0.6) is 0 Å². The number of nitrogens with one attached hydrogen (secondary N) is 1. The van der Waals surface area contributed by atoms with Crippen LogP contribution in [0.4, 0.5) is 4.39 Å². The molecule has 3 N–H and O–H groups in total. The quantitative estimate of drug-likeness (QED) is 0.800. The molecule has 0 saturated carbocycles. The maximum absolute atomic E-state index is 12.8. The molecule has 0 fully saturated rings. The zero-order valence-electron chi connectivity index (χ0n) is 8.40. The molecule has 0 spiro atoms. The fraction of sp³-hybridized carbons (Fsp3) is 0.0909. The number of aromatic nitrogens is 2. The van der Waals surface area contributed by atoms with Crippen LogP contribution in [0.3, 0.4) is 0 Å². The summed E-state index contributed by atoms with van der Waals surface area (Å²) >= 11 is 4.85. The van der Waals surface area contributed by atoms with Gasteiger partial charge < -0.3 is 5.73 Å². The largest absolute Gasteiger partial charge is 0.393 e. The molecule has 2 rings (SSSR count). The number of benzene rings is 1. The van der Waals surface area contributed by atoms with E-state index in [9.17, 15) is 4.39 Å². The summed E-state index contributed by atoms with van der Waals surface area (Å²) in [6, 6.07) is 6.18. The van der Waals surface area contributed by atoms with Crippen LogP contribution in [0.1, 0.15) is 5.56 Å². The third-order valence-electron chi connectivity index (χ3n) is 2.22. The van der Waals surface area contributed by atoms with Crippen molar-refractivity contribution in [2.75, 3.05) is 0 Å². The van der Waals surface area contributed by atoms with Crippen molar-refractivity contribution in [1.29, 1.82) is 0 Å². The highest BCUT2D eigenvalue weighted by Crippen LogP contribution is 2.21. The summed E-state index contributed by atoms with van der Waals surface area (Å²) in [5, 5.41) is 6.80. The van der Waals surface area contributed by atoms with Gasteiger partial charge in [0.1, 0.15) is 5.82 Å². The highest BCUT2D eigenvalue weighted by Gasteiger charge is 2.08. The van der Waals surface area contributed by atoms with Crippen molar-refractivity contribution in [2.45, 2.75) is 6.42 Å². The summed E-state index contributed by atoms with van der Waals surface area (Å²) < 4.78 is 12.8. The van der Waals surface area contributed by atoms with Crippen molar-refractivity contribution in [2.24, 2.45) is 5.73 Å². The molecule has 0 unspecified atom stereocenters. The van der Waals surface area contributed by atoms with E-state index < -0.39 is 0 Å². The van der Waals surface area contributed by atoms with Gasteiger partial charge in [0.15, 0.2) is 0 Å². The van der Waals surface area contributed by atoms with Crippen LogP contribution in [0, 0.1) is 5.82 Å². The van der Waals surface area contributed by atoms with E-state index in [1.807, 2.05) is 0 Å². The number of nitrogens with two attached hydrogens (primary N) is 1. The Morgan fingerprint density at radius 3 is 2.69 bits per heavy atom. The number of H-pyrrole nitrogens is 1. The molecule has 5 heteroatoms. The molecule has 1 aromatic carbocycles. The van der Waals surface area contributed by atoms with Crippen molar-refractivity contribution >= 4 is 17.2 Å². The van der Waals surface area contributed by atoms with Crippen molar-refractivity contribution in [1.82, 2.24) is 10.2 Å². The molecule has 1 heterocycles. The van der Waals surface area contributed by atoms with Gasteiger partial charge in [-0.15, -0.1) is 0 Å². The fourth-order valence-corrected chi connectivity index (χ4v) is 1.65. The van der Waals surface area contributed by atoms with Crippen LogP contribution in [-0.2, 0) is 6.42 Å². The van der Waals surface area contributed by atoms with Crippen molar-refractivity contribution < 1.29 is 4.39 Å². The lowest BCUT2D eigenvalue weighted by molar-refractivity contribution is 0.628. The average molecular weight is 235 g/mol. The number of rotatable bonds is 3. The first-order chi connectivity index (χ1) is 7.66. The molecule has 3 nitrogen and oxygen atoms in total. The van der Waals surface area contributed by atoms with Crippen LogP contribution in [0.2, 0.25) is 0 Å². The Labute approximate surface area is 97.5 Å². The number of halogens is 1. The summed E-state index contributed by atoms with van der Waals surface area (Å²) in [5.41, 5.74) is 8.09. The summed E-state index contributed by atoms with van der Waals surface area (Å²) in [5.74, 6) is -0.265. The Bertz CT molecular complexity index is 504.